The largest absolute Gasteiger partial charge is 0.299 e. The summed E-state index contributed by atoms with van der Waals surface area (Å²) >= 11 is 0. The van der Waals surface area contributed by atoms with Crippen LogP contribution in [-0.4, -0.2) is 12.2 Å². The minimum atomic E-state index is -2.44. The number of hydrogen-bond acceptors (Lipinski definition) is 1. The topological polar surface area (TPSA) is 17.1 Å². The van der Waals surface area contributed by atoms with Crippen molar-refractivity contribution in [1.82, 2.24) is 0 Å². The molecule has 1 atom stereocenters. The first-order valence-corrected chi connectivity index (χ1v) is 3.52. The van der Waals surface area contributed by atoms with Crippen LogP contribution in [0.25, 0.3) is 0 Å². The van der Waals surface area contributed by atoms with Crippen molar-refractivity contribution in [3.8, 4) is 0 Å². The molecule has 0 spiro atoms. The van der Waals surface area contributed by atoms with Gasteiger partial charge in [-0.25, -0.2) is 8.78 Å². The molecule has 1 rings (SSSR count). The molecule has 10 heavy (non-hydrogen) atoms. The van der Waals surface area contributed by atoms with E-state index in [-0.39, 0.29) is 5.78 Å². The summed E-state index contributed by atoms with van der Waals surface area (Å²) in [5.41, 5.74) is 0. The lowest BCUT2D eigenvalue weighted by atomic mass is 9.88. The van der Waals surface area contributed by atoms with E-state index < -0.39 is 12.3 Å². The molecule has 0 saturated heterocycles. The highest BCUT2D eigenvalue weighted by Gasteiger charge is 2.29. The van der Waals surface area contributed by atoms with Gasteiger partial charge in [0.25, 0.3) is 0 Å². The third-order valence-corrected chi connectivity index (χ3v) is 1.91. The quantitative estimate of drug-likeness (QED) is 0.556. The zero-order valence-corrected chi connectivity index (χ0v) is 5.65. The Balaban J connectivity index is 2.48. The van der Waals surface area contributed by atoms with Gasteiger partial charge in [0.2, 0.25) is 6.43 Å². The normalized spacial score (nSPS) is 27.5. The van der Waals surface area contributed by atoms with Crippen LogP contribution >= 0.6 is 0 Å². The van der Waals surface area contributed by atoms with Crippen molar-refractivity contribution in [1.29, 1.82) is 0 Å². The minimum absolute atomic E-state index is 0.249. The molecule has 0 unspecified atom stereocenters. The zero-order valence-electron chi connectivity index (χ0n) is 5.65. The summed E-state index contributed by atoms with van der Waals surface area (Å²) in [6.07, 6.45) is -0.123. The maximum Gasteiger partial charge on any atom is 0.248 e. The molecule has 1 saturated carbocycles. The first-order valence-electron chi connectivity index (χ1n) is 3.52. The second-order valence-electron chi connectivity index (χ2n) is 2.65. The summed E-state index contributed by atoms with van der Waals surface area (Å²) in [6.45, 7) is 0. The number of carbonyl (C=O) groups is 1. The molecule has 1 aliphatic carbocycles. The molecule has 0 heterocycles. The van der Waals surface area contributed by atoms with E-state index in [1.165, 1.54) is 0 Å². The highest BCUT2D eigenvalue weighted by Crippen LogP contribution is 2.25. The highest BCUT2D eigenvalue weighted by molar-refractivity contribution is 5.81. The van der Waals surface area contributed by atoms with Crippen LogP contribution in [0.1, 0.15) is 25.7 Å². The predicted molar refractivity (Wildman–Crippen MR) is 33.0 cm³/mol. The first-order chi connectivity index (χ1) is 4.72. The number of Topliss-reactive ketones (excluding diaryl/α,β-unsaturated/α-hetero) is 1. The maximum absolute atomic E-state index is 12.0. The fourth-order valence-corrected chi connectivity index (χ4v) is 1.28. The summed E-state index contributed by atoms with van der Waals surface area (Å²) < 4.78 is 23.9. The van der Waals surface area contributed by atoms with Gasteiger partial charge in [-0.1, -0.05) is 6.42 Å². The van der Waals surface area contributed by atoms with Crippen molar-refractivity contribution < 1.29 is 13.6 Å². The van der Waals surface area contributed by atoms with Gasteiger partial charge >= 0.3 is 0 Å². The van der Waals surface area contributed by atoms with Crippen molar-refractivity contribution >= 4 is 5.78 Å². The fraction of sp³-hybridized carbons (Fsp3) is 0.857. The lowest BCUT2D eigenvalue weighted by Crippen LogP contribution is -2.25. The standard InChI is InChI=1S/C7H10F2O/c8-7(9)5-3-1-2-4-6(5)10/h5,7H,1-4H2/t5-/m1/s1. The van der Waals surface area contributed by atoms with Crippen molar-refractivity contribution in [3.63, 3.8) is 0 Å². The summed E-state index contributed by atoms with van der Waals surface area (Å²) in [4.78, 5) is 10.8. The molecule has 3 heteroatoms. The average Bonchev–Trinajstić information content (AvgIpc) is 1.88. The molecule has 1 nitrogen and oxygen atoms in total. The third-order valence-electron chi connectivity index (χ3n) is 1.91. The number of alkyl halides is 2. The second kappa shape index (κ2) is 3.08. The van der Waals surface area contributed by atoms with Gasteiger partial charge in [0.1, 0.15) is 5.78 Å². The van der Waals surface area contributed by atoms with Crippen LogP contribution in [0.5, 0.6) is 0 Å². The summed E-state index contributed by atoms with van der Waals surface area (Å²) in [6, 6.07) is 0. The lowest BCUT2D eigenvalue weighted by molar-refractivity contribution is -0.129. The molecule has 1 fully saturated rings. The van der Waals surface area contributed by atoms with Crippen molar-refractivity contribution in [2.24, 2.45) is 5.92 Å². The Morgan fingerprint density at radius 2 is 2.10 bits per heavy atom. The van der Waals surface area contributed by atoms with Gasteiger partial charge in [-0.05, 0) is 12.8 Å². The zero-order chi connectivity index (χ0) is 7.56. The SMILES string of the molecule is O=C1CCCC[C@H]1C(F)F. The van der Waals surface area contributed by atoms with Gasteiger partial charge in [0.15, 0.2) is 0 Å². The Labute approximate surface area is 58.4 Å². The molecule has 0 N–H and O–H groups in total. The van der Waals surface area contributed by atoms with Crippen LogP contribution < -0.4 is 0 Å². The van der Waals surface area contributed by atoms with Crippen LogP contribution in [0, 0.1) is 5.92 Å². The number of carbonyl (C=O) groups excluding carboxylic acids is 1. The summed E-state index contributed by atoms with van der Waals surface area (Å²) in [5, 5.41) is 0. The Bertz CT molecular complexity index is 134. The molecule has 1 aliphatic rings. The molecule has 0 aliphatic heterocycles. The number of ketones is 1. The Hall–Kier alpha value is -0.470. The molecule has 0 bridgehead atoms. The fourth-order valence-electron chi connectivity index (χ4n) is 1.28. The Kier molecular flexibility index (Phi) is 2.35. The van der Waals surface area contributed by atoms with Crippen LogP contribution in [0.3, 0.4) is 0 Å². The molecule has 0 radical (unpaired) electrons. The van der Waals surface area contributed by atoms with Gasteiger partial charge in [-0.3, -0.25) is 4.79 Å². The van der Waals surface area contributed by atoms with E-state index in [9.17, 15) is 13.6 Å². The van der Waals surface area contributed by atoms with Crippen molar-refractivity contribution in [3.05, 3.63) is 0 Å². The van der Waals surface area contributed by atoms with Crippen LogP contribution in [0.15, 0.2) is 0 Å². The van der Waals surface area contributed by atoms with Gasteiger partial charge in [0, 0.05) is 6.42 Å². The number of halogens is 2. The smallest absolute Gasteiger partial charge is 0.248 e. The molecule has 0 aromatic rings. The van der Waals surface area contributed by atoms with E-state index in [1.54, 1.807) is 0 Å². The molecule has 58 valence electrons. The van der Waals surface area contributed by atoms with E-state index in [4.69, 9.17) is 0 Å². The number of hydrogen-bond donors (Lipinski definition) is 0. The van der Waals surface area contributed by atoms with E-state index in [0.29, 0.717) is 12.8 Å². The van der Waals surface area contributed by atoms with E-state index in [1.807, 2.05) is 0 Å². The molecular weight excluding hydrogens is 138 g/mol. The van der Waals surface area contributed by atoms with E-state index in [0.717, 1.165) is 12.8 Å². The van der Waals surface area contributed by atoms with Crippen LogP contribution in [0.2, 0.25) is 0 Å². The summed E-state index contributed by atoms with van der Waals surface area (Å²) in [7, 11) is 0. The van der Waals surface area contributed by atoms with Crippen molar-refractivity contribution in [2.45, 2.75) is 32.1 Å². The highest BCUT2D eigenvalue weighted by atomic mass is 19.3. The van der Waals surface area contributed by atoms with E-state index in [2.05, 4.69) is 0 Å². The van der Waals surface area contributed by atoms with Crippen LogP contribution in [-0.2, 0) is 4.79 Å². The second-order valence-corrected chi connectivity index (χ2v) is 2.65. The Morgan fingerprint density at radius 3 is 2.50 bits per heavy atom. The van der Waals surface area contributed by atoms with Crippen molar-refractivity contribution in [2.75, 3.05) is 0 Å². The number of rotatable bonds is 1. The monoisotopic (exact) mass is 148 g/mol. The van der Waals surface area contributed by atoms with Gasteiger partial charge in [-0.15, -0.1) is 0 Å². The maximum atomic E-state index is 12.0. The first kappa shape index (κ1) is 7.63. The minimum Gasteiger partial charge on any atom is -0.299 e. The lowest BCUT2D eigenvalue weighted by Gasteiger charge is -2.18. The summed E-state index contributed by atoms with van der Waals surface area (Å²) in [5.74, 6) is -1.20. The van der Waals surface area contributed by atoms with Gasteiger partial charge < -0.3 is 0 Å². The average molecular weight is 148 g/mol. The Morgan fingerprint density at radius 1 is 1.40 bits per heavy atom. The molecule has 0 aromatic heterocycles. The molecular formula is C7H10F2O. The van der Waals surface area contributed by atoms with E-state index >= 15 is 0 Å². The molecule has 0 amide bonds. The molecule has 0 aromatic carbocycles. The van der Waals surface area contributed by atoms with Gasteiger partial charge in [0.05, 0.1) is 5.92 Å². The van der Waals surface area contributed by atoms with Crippen LogP contribution in [0.4, 0.5) is 8.78 Å². The predicted octanol–water partition coefficient (Wildman–Crippen LogP) is 2.01. The third kappa shape index (κ3) is 1.52. The van der Waals surface area contributed by atoms with Gasteiger partial charge in [-0.2, -0.15) is 0 Å².